The van der Waals surface area contributed by atoms with Crippen LogP contribution in [0.5, 0.6) is 0 Å². The third-order valence-corrected chi connectivity index (χ3v) is 5.53. The number of carbonyl (C=O) groups excluding carboxylic acids is 2. The van der Waals surface area contributed by atoms with Crippen molar-refractivity contribution in [2.45, 2.75) is 13.0 Å². The first-order valence-electron chi connectivity index (χ1n) is 10.1. The number of aliphatic hydroxyl groups is 1. The maximum atomic E-state index is 13.1. The maximum absolute atomic E-state index is 13.1. The second kappa shape index (κ2) is 8.11. The summed E-state index contributed by atoms with van der Waals surface area (Å²) in [5.41, 5.74) is 3.98. The molecule has 4 rings (SSSR count). The molecule has 1 fully saturated rings. The molecule has 5 heteroatoms. The standard InChI is InChI=1S/C26H24N2O3/c1-17-9-11-19(12-10-17)24(29)22-23(18-7-5-4-6-8-18)28(26(31)25(22)30)21-15-13-20(14-16-21)27(2)3/h4-16,23,29H,1-3H3/b24-22+. The molecule has 0 radical (unpaired) electrons. The Morgan fingerprint density at radius 1 is 0.871 bits per heavy atom. The van der Waals surface area contributed by atoms with Crippen molar-refractivity contribution in [2.24, 2.45) is 0 Å². The molecule has 5 nitrogen and oxygen atoms in total. The van der Waals surface area contributed by atoms with Crippen molar-refractivity contribution in [2.75, 3.05) is 23.9 Å². The summed E-state index contributed by atoms with van der Waals surface area (Å²) in [5.74, 6) is -1.51. The van der Waals surface area contributed by atoms with Gasteiger partial charge in [-0.25, -0.2) is 0 Å². The van der Waals surface area contributed by atoms with Gasteiger partial charge >= 0.3 is 0 Å². The van der Waals surface area contributed by atoms with Gasteiger partial charge in [0.1, 0.15) is 5.76 Å². The smallest absolute Gasteiger partial charge is 0.300 e. The second-order valence-corrected chi connectivity index (χ2v) is 7.86. The highest BCUT2D eigenvalue weighted by molar-refractivity contribution is 6.51. The summed E-state index contributed by atoms with van der Waals surface area (Å²) in [4.78, 5) is 29.7. The van der Waals surface area contributed by atoms with Gasteiger partial charge in [-0.05, 0) is 36.8 Å². The Balaban J connectivity index is 1.89. The van der Waals surface area contributed by atoms with Gasteiger partial charge in [0.15, 0.2) is 0 Å². The Bertz CT molecular complexity index is 1150. The summed E-state index contributed by atoms with van der Waals surface area (Å²) in [6, 6.07) is 23.3. The van der Waals surface area contributed by atoms with Crippen LogP contribution < -0.4 is 9.80 Å². The van der Waals surface area contributed by atoms with Gasteiger partial charge in [0, 0.05) is 31.0 Å². The van der Waals surface area contributed by atoms with Crippen LogP contribution in [0.2, 0.25) is 0 Å². The third-order valence-electron chi connectivity index (χ3n) is 5.53. The van der Waals surface area contributed by atoms with Crippen molar-refractivity contribution in [1.29, 1.82) is 0 Å². The van der Waals surface area contributed by atoms with Crippen LogP contribution in [0.15, 0.2) is 84.4 Å². The molecular formula is C26H24N2O3. The van der Waals surface area contributed by atoms with E-state index in [9.17, 15) is 14.7 Å². The van der Waals surface area contributed by atoms with Crippen LogP contribution in [0.3, 0.4) is 0 Å². The second-order valence-electron chi connectivity index (χ2n) is 7.86. The SMILES string of the molecule is Cc1ccc(/C(O)=C2\C(=O)C(=O)N(c3ccc(N(C)C)cc3)C2c2ccccc2)cc1. The van der Waals surface area contributed by atoms with Crippen molar-refractivity contribution in [3.05, 3.63) is 101 Å². The molecule has 156 valence electrons. The molecule has 0 bridgehead atoms. The van der Waals surface area contributed by atoms with E-state index in [0.717, 1.165) is 16.8 Å². The molecule has 0 spiro atoms. The van der Waals surface area contributed by atoms with Gasteiger partial charge in [-0.2, -0.15) is 0 Å². The summed E-state index contributed by atoms with van der Waals surface area (Å²) in [7, 11) is 3.87. The number of ketones is 1. The minimum Gasteiger partial charge on any atom is -0.507 e. The zero-order valence-electron chi connectivity index (χ0n) is 17.7. The molecule has 0 aliphatic carbocycles. The fraction of sp³-hybridized carbons (Fsp3) is 0.154. The Morgan fingerprint density at radius 2 is 1.48 bits per heavy atom. The van der Waals surface area contributed by atoms with E-state index in [1.54, 1.807) is 12.1 Å². The quantitative estimate of drug-likeness (QED) is 0.384. The lowest BCUT2D eigenvalue weighted by atomic mass is 9.95. The Labute approximate surface area is 181 Å². The summed E-state index contributed by atoms with van der Waals surface area (Å²) in [5, 5.41) is 11.1. The fourth-order valence-corrected chi connectivity index (χ4v) is 3.83. The highest BCUT2D eigenvalue weighted by Crippen LogP contribution is 2.42. The Kier molecular flexibility index (Phi) is 5.34. The number of hydrogen-bond acceptors (Lipinski definition) is 4. The lowest BCUT2D eigenvalue weighted by Crippen LogP contribution is -2.29. The summed E-state index contributed by atoms with van der Waals surface area (Å²) >= 11 is 0. The predicted octanol–water partition coefficient (Wildman–Crippen LogP) is 4.69. The van der Waals surface area contributed by atoms with Gasteiger partial charge in [-0.1, -0.05) is 60.2 Å². The van der Waals surface area contributed by atoms with Crippen LogP contribution >= 0.6 is 0 Å². The number of carbonyl (C=O) groups is 2. The van der Waals surface area contributed by atoms with E-state index in [1.807, 2.05) is 92.6 Å². The molecule has 3 aromatic carbocycles. The average molecular weight is 412 g/mol. The Morgan fingerprint density at radius 3 is 2.06 bits per heavy atom. The van der Waals surface area contributed by atoms with Crippen LogP contribution in [-0.4, -0.2) is 30.9 Å². The molecule has 1 N–H and O–H groups in total. The van der Waals surface area contributed by atoms with Gasteiger partial charge in [0.2, 0.25) is 0 Å². The zero-order valence-corrected chi connectivity index (χ0v) is 17.7. The molecule has 0 saturated carbocycles. The van der Waals surface area contributed by atoms with Crippen LogP contribution in [0.25, 0.3) is 5.76 Å². The van der Waals surface area contributed by atoms with Gasteiger partial charge in [-0.15, -0.1) is 0 Å². The first-order chi connectivity index (χ1) is 14.9. The molecule has 3 aromatic rings. The molecule has 1 heterocycles. The minimum absolute atomic E-state index is 0.0942. The van der Waals surface area contributed by atoms with Crippen molar-refractivity contribution in [3.8, 4) is 0 Å². The highest BCUT2D eigenvalue weighted by Gasteiger charge is 2.46. The van der Waals surface area contributed by atoms with Gasteiger partial charge in [-0.3, -0.25) is 14.5 Å². The molecule has 1 saturated heterocycles. The molecule has 1 aliphatic heterocycles. The van der Waals surface area contributed by atoms with E-state index in [-0.39, 0.29) is 11.3 Å². The van der Waals surface area contributed by atoms with Crippen LogP contribution in [0.1, 0.15) is 22.7 Å². The monoisotopic (exact) mass is 412 g/mol. The van der Waals surface area contributed by atoms with Crippen molar-refractivity contribution in [1.82, 2.24) is 0 Å². The molecule has 1 unspecified atom stereocenters. The van der Waals surface area contributed by atoms with Gasteiger partial charge in [0.25, 0.3) is 11.7 Å². The van der Waals surface area contributed by atoms with E-state index < -0.39 is 17.7 Å². The van der Waals surface area contributed by atoms with Crippen LogP contribution in [0, 0.1) is 6.92 Å². The molecular weight excluding hydrogens is 388 g/mol. The van der Waals surface area contributed by atoms with Gasteiger partial charge in [0.05, 0.1) is 11.6 Å². The summed E-state index contributed by atoms with van der Waals surface area (Å²) in [6.07, 6.45) is 0. The number of hydrogen-bond donors (Lipinski definition) is 1. The number of aliphatic hydroxyl groups excluding tert-OH is 1. The van der Waals surface area contributed by atoms with E-state index in [2.05, 4.69) is 0 Å². The molecule has 31 heavy (non-hydrogen) atoms. The number of nitrogens with zero attached hydrogens (tertiary/aromatic N) is 2. The third kappa shape index (κ3) is 3.70. The molecule has 1 atom stereocenters. The van der Waals surface area contributed by atoms with Crippen LogP contribution in [0.4, 0.5) is 11.4 Å². The number of benzene rings is 3. The summed E-state index contributed by atoms with van der Waals surface area (Å²) in [6.45, 7) is 1.95. The number of aryl methyl sites for hydroxylation is 1. The minimum atomic E-state index is -0.715. The van der Waals surface area contributed by atoms with E-state index >= 15 is 0 Å². The molecule has 1 aliphatic rings. The number of rotatable bonds is 4. The van der Waals surface area contributed by atoms with Crippen molar-refractivity contribution < 1.29 is 14.7 Å². The van der Waals surface area contributed by atoms with E-state index in [4.69, 9.17) is 0 Å². The topological polar surface area (TPSA) is 60.9 Å². The first-order valence-corrected chi connectivity index (χ1v) is 10.1. The summed E-state index contributed by atoms with van der Waals surface area (Å²) < 4.78 is 0. The zero-order chi connectivity index (χ0) is 22.1. The van der Waals surface area contributed by atoms with Gasteiger partial charge < -0.3 is 10.0 Å². The number of amides is 1. The predicted molar refractivity (Wildman–Crippen MR) is 123 cm³/mol. The normalized spacial score (nSPS) is 17.8. The molecule has 1 amide bonds. The van der Waals surface area contributed by atoms with E-state index in [1.165, 1.54) is 4.90 Å². The lowest BCUT2D eigenvalue weighted by molar-refractivity contribution is -0.132. The average Bonchev–Trinajstić information content (AvgIpc) is 3.05. The Hall–Kier alpha value is -3.86. The largest absolute Gasteiger partial charge is 0.507 e. The van der Waals surface area contributed by atoms with Crippen molar-refractivity contribution >= 4 is 28.8 Å². The lowest BCUT2D eigenvalue weighted by Gasteiger charge is -2.26. The fourth-order valence-electron chi connectivity index (χ4n) is 3.83. The first kappa shape index (κ1) is 20.4. The highest BCUT2D eigenvalue weighted by atomic mass is 16.3. The maximum Gasteiger partial charge on any atom is 0.300 e. The van der Waals surface area contributed by atoms with Crippen LogP contribution in [-0.2, 0) is 9.59 Å². The van der Waals surface area contributed by atoms with Crippen molar-refractivity contribution in [3.63, 3.8) is 0 Å². The number of anilines is 2. The number of Topliss-reactive ketones (excluding diaryl/α,β-unsaturated/α-hetero) is 1. The van der Waals surface area contributed by atoms with E-state index in [0.29, 0.717) is 11.3 Å². The molecule has 0 aromatic heterocycles.